The van der Waals surface area contributed by atoms with E-state index in [4.69, 9.17) is 10.8 Å². The van der Waals surface area contributed by atoms with Gasteiger partial charge in [-0.2, -0.15) is 13.2 Å². The number of nitrogens with zero attached hydrogens (tertiary/aromatic N) is 1. The Kier molecular flexibility index (Phi) is 6.99. The van der Waals surface area contributed by atoms with Crippen molar-refractivity contribution in [1.29, 1.82) is 0 Å². The van der Waals surface area contributed by atoms with E-state index in [1.54, 1.807) is 6.92 Å². The molecule has 0 fully saturated rings. The summed E-state index contributed by atoms with van der Waals surface area (Å²) in [5.74, 6) is -2.31. The molecule has 1 aromatic heterocycles. The van der Waals surface area contributed by atoms with Gasteiger partial charge in [0, 0.05) is 29.6 Å². The molecule has 9 heteroatoms. The highest BCUT2D eigenvalue weighted by molar-refractivity contribution is 5.89. The molecule has 0 aliphatic carbocycles. The van der Waals surface area contributed by atoms with Crippen LogP contribution in [0.4, 0.5) is 22.0 Å². The van der Waals surface area contributed by atoms with Crippen LogP contribution in [0.3, 0.4) is 0 Å². The number of hydrogen-bond donors (Lipinski definition) is 2. The zero-order valence-electron chi connectivity index (χ0n) is 16.1. The van der Waals surface area contributed by atoms with Gasteiger partial charge in [0.2, 0.25) is 0 Å². The van der Waals surface area contributed by atoms with Crippen molar-refractivity contribution >= 4 is 5.97 Å². The van der Waals surface area contributed by atoms with Crippen LogP contribution in [0.5, 0.6) is 0 Å². The van der Waals surface area contributed by atoms with Crippen molar-refractivity contribution in [1.82, 2.24) is 4.57 Å². The summed E-state index contributed by atoms with van der Waals surface area (Å²) in [7, 11) is 0. The summed E-state index contributed by atoms with van der Waals surface area (Å²) in [4.78, 5) is 11.1. The average Bonchev–Trinajstić information content (AvgIpc) is 2.96. The van der Waals surface area contributed by atoms with E-state index in [9.17, 15) is 26.7 Å². The van der Waals surface area contributed by atoms with E-state index in [0.717, 1.165) is 12.1 Å². The number of hydrogen-bond acceptors (Lipinski definition) is 2. The van der Waals surface area contributed by atoms with Gasteiger partial charge in [0.1, 0.15) is 11.6 Å². The maximum Gasteiger partial charge on any atom is 0.418 e. The Balaban J connectivity index is 0.000000269. The lowest BCUT2D eigenvalue weighted by molar-refractivity contribution is -0.137. The number of carbonyl (C=O) groups is 1. The van der Waals surface area contributed by atoms with Gasteiger partial charge in [-0.1, -0.05) is 18.2 Å². The van der Waals surface area contributed by atoms with Gasteiger partial charge in [-0.05, 0) is 38.1 Å². The fourth-order valence-corrected chi connectivity index (χ4v) is 2.95. The number of rotatable bonds is 3. The first-order valence-corrected chi connectivity index (χ1v) is 8.70. The molecule has 1 heterocycles. The van der Waals surface area contributed by atoms with Crippen LogP contribution in [-0.4, -0.2) is 15.6 Å². The molecule has 0 atom stereocenters. The Labute approximate surface area is 169 Å². The molecule has 30 heavy (non-hydrogen) atoms. The summed E-state index contributed by atoms with van der Waals surface area (Å²) >= 11 is 0. The van der Waals surface area contributed by atoms with Gasteiger partial charge in [-0.3, -0.25) is 0 Å². The Morgan fingerprint density at radius 2 is 1.70 bits per heavy atom. The third kappa shape index (κ3) is 5.04. The third-order valence-corrected chi connectivity index (χ3v) is 4.35. The standard InChI is InChI=1S/C14H12F3NO2.C7H7F2N/c1-8-7-10(13(19)20)9(2)18(8)12-6-4-3-5-11(12)14(15,16)17;8-6-2-1-5(4-10)7(9)3-6/h3-7H,1-2H3,(H,19,20);1-3H,4,10H2. The molecule has 0 unspecified atom stereocenters. The zero-order valence-corrected chi connectivity index (χ0v) is 16.1. The molecule has 3 aromatic rings. The SMILES string of the molecule is Cc1cc(C(=O)O)c(C)n1-c1ccccc1C(F)(F)F.NCc1ccc(F)cc1F. The molecule has 3 N–H and O–H groups in total. The van der Waals surface area contributed by atoms with Gasteiger partial charge in [0.05, 0.1) is 16.8 Å². The molecule has 4 nitrogen and oxygen atoms in total. The third-order valence-electron chi connectivity index (χ3n) is 4.35. The van der Waals surface area contributed by atoms with Crippen LogP contribution in [0.15, 0.2) is 48.5 Å². The minimum Gasteiger partial charge on any atom is -0.478 e. The van der Waals surface area contributed by atoms with E-state index in [0.29, 0.717) is 11.3 Å². The minimum atomic E-state index is -4.50. The number of halogens is 5. The van der Waals surface area contributed by atoms with Gasteiger partial charge in [-0.25, -0.2) is 13.6 Å². The Bertz CT molecular complexity index is 1060. The van der Waals surface area contributed by atoms with Crippen LogP contribution in [0.2, 0.25) is 0 Å². The molecule has 0 spiro atoms. The number of aromatic nitrogens is 1. The lowest BCUT2D eigenvalue weighted by atomic mass is 10.1. The zero-order chi connectivity index (χ0) is 22.6. The average molecular weight is 426 g/mol. The second kappa shape index (κ2) is 9.08. The molecule has 0 saturated heterocycles. The molecule has 3 rings (SSSR count). The van der Waals surface area contributed by atoms with Crippen LogP contribution in [-0.2, 0) is 12.7 Å². The largest absolute Gasteiger partial charge is 0.478 e. The number of carboxylic acids is 1. The summed E-state index contributed by atoms with van der Waals surface area (Å²) in [6, 6.07) is 9.81. The maximum atomic E-state index is 13.0. The van der Waals surface area contributed by atoms with Crippen molar-refractivity contribution in [3.8, 4) is 5.69 Å². The quantitative estimate of drug-likeness (QED) is 0.564. The fraction of sp³-hybridized carbons (Fsp3) is 0.190. The fourth-order valence-electron chi connectivity index (χ4n) is 2.95. The molecule has 0 amide bonds. The van der Waals surface area contributed by atoms with Crippen molar-refractivity contribution in [2.75, 3.05) is 0 Å². The number of alkyl halides is 3. The first-order chi connectivity index (χ1) is 14.0. The van der Waals surface area contributed by atoms with Crippen molar-refractivity contribution in [2.24, 2.45) is 5.73 Å². The van der Waals surface area contributed by atoms with E-state index in [1.807, 2.05) is 0 Å². The number of nitrogens with two attached hydrogens (primary N) is 1. The Morgan fingerprint density at radius 3 is 2.20 bits per heavy atom. The predicted molar refractivity (Wildman–Crippen MR) is 101 cm³/mol. The molecule has 0 radical (unpaired) electrons. The highest BCUT2D eigenvalue weighted by Gasteiger charge is 2.34. The van der Waals surface area contributed by atoms with Crippen molar-refractivity contribution in [3.63, 3.8) is 0 Å². The summed E-state index contributed by atoms with van der Waals surface area (Å²) in [6.45, 7) is 3.17. The lowest BCUT2D eigenvalue weighted by Gasteiger charge is -2.16. The Morgan fingerprint density at radius 1 is 1.07 bits per heavy atom. The lowest BCUT2D eigenvalue weighted by Crippen LogP contribution is -2.12. The monoisotopic (exact) mass is 426 g/mol. The molecule has 160 valence electrons. The van der Waals surface area contributed by atoms with E-state index < -0.39 is 29.3 Å². The normalized spacial score (nSPS) is 11.1. The highest BCUT2D eigenvalue weighted by atomic mass is 19.4. The van der Waals surface area contributed by atoms with E-state index in [-0.39, 0.29) is 23.5 Å². The molecule has 0 aliphatic heterocycles. The van der Waals surface area contributed by atoms with Gasteiger partial charge < -0.3 is 15.4 Å². The van der Waals surface area contributed by atoms with Gasteiger partial charge in [0.15, 0.2) is 0 Å². The van der Waals surface area contributed by atoms with Crippen molar-refractivity contribution < 1.29 is 31.9 Å². The number of benzene rings is 2. The van der Waals surface area contributed by atoms with Gasteiger partial charge in [0.25, 0.3) is 0 Å². The van der Waals surface area contributed by atoms with Crippen LogP contribution in [0.1, 0.15) is 32.9 Å². The summed E-state index contributed by atoms with van der Waals surface area (Å²) in [5, 5.41) is 9.04. The summed E-state index contributed by atoms with van der Waals surface area (Å²) < 4.78 is 65.1. The van der Waals surface area contributed by atoms with E-state index in [1.165, 1.54) is 47.9 Å². The second-order valence-electron chi connectivity index (χ2n) is 6.38. The smallest absolute Gasteiger partial charge is 0.418 e. The van der Waals surface area contributed by atoms with Crippen LogP contribution >= 0.6 is 0 Å². The predicted octanol–water partition coefficient (Wildman–Crippen LogP) is 5.23. The molecular formula is C21H19F5N2O2. The van der Waals surface area contributed by atoms with E-state index >= 15 is 0 Å². The van der Waals surface area contributed by atoms with Crippen LogP contribution in [0.25, 0.3) is 5.69 Å². The Hall–Kier alpha value is -3.20. The van der Waals surface area contributed by atoms with Gasteiger partial charge in [-0.15, -0.1) is 0 Å². The number of aryl methyl sites for hydroxylation is 1. The first-order valence-electron chi connectivity index (χ1n) is 8.70. The second-order valence-corrected chi connectivity index (χ2v) is 6.38. The summed E-state index contributed by atoms with van der Waals surface area (Å²) in [6.07, 6.45) is -4.50. The minimum absolute atomic E-state index is 0.000484. The van der Waals surface area contributed by atoms with Crippen molar-refractivity contribution in [2.45, 2.75) is 26.6 Å². The summed E-state index contributed by atoms with van der Waals surface area (Å²) in [5.41, 5.74) is 5.32. The molecule has 0 aliphatic rings. The number of para-hydroxylation sites is 1. The molecule has 0 bridgehead atoms. The molecule has 2 aromatic carbocycles. The topological polar surface area (TPSA) is 68.2 Å². The van der Waals surface area contributed by atoms with Gasteiger partial charge >= 0.3 is 12.1 Å². The van der Waals surface area contributed by atoms with E-state index in [2.05, 4.69) is 0 Å². The maximum absolute atomic E-state index is 13.0. The molecule has 0 saturated carbocycles. The molecular weight excluding hydrogens is 407 g/mol. The van der Waals surface area contributed by atoms with Crippen LogP contribution in [0, 0.1) is 25.5 Å². The number of carboxylic acid groups (broad SMARTS) is 1. The first kappa shape index (κ1) is 23.1. The van der Waals surface area contributed by atoms with Crippen LogP contribution < -0.4 is 5.73 Å². The van der Waals surface area contributed by atoms with Crippen molar-refractivity contribution in [3.05, 3.63) is 88.2 Å². The number of aromatic carboxylic acids is 1. The highest BCUT2D eigenvalue weighted by Crippen LogP contribution is 2.35.